The molecular weight excluding hydrogens is 396 g/mol. The average molecular weight is 427 g/mol. The van der Waals surface area contributed by atoms with Gasteiger partial charge in [0.25, 0.3) is 5.91 Å². The summed E-state index contributed by atoms with van der Waals surface area (Å²) in [7, 11) is 0. The molecule has 1 aromatic heterocycles. The number of ether oxygens (including phenoxy) is 1. The first-order valence-corrected chi connectivity index (χ1v) is 10.3. The molecule has 0 saturated heterocycles. The van der Waals surface area contributed by atoms with Crippen molar-refractivity contribution in [3.63, 3.8) is 0 Å². The summed E-state index contributed by atoms with van der Waals surface area (Å²) < 4.78 is 5.10. The number of carbonyl (C=O) groups is 3. The van der Waals surface area contributed by atoms with Crippen molar-refractivity contribution in [1.82, 2.24) is 15.6 Å². The number of nitrogens with zero attached hydrogens (tertiary/aromatic N) is 1. The van der Waals surface area contributed by atoms with Crippen LogP contribution in [0.2, 0.25) is 0 Å². The molecule has 1 unspecified atom stereocenters. The summed E-state index contributed by atoms with van der Waals surface area (Å²) in [6.45, 7) is 7.69. The minimum Gasteiger partial charge on any atom is -0.447 e. The number of alkyl carbamates (subject to hydrolysis) is 1. The highest BCUT2D eigenvalue weighted by molar-refractivity contribution is 5.96. The first-order valence-electron chi connectivity index (χ1n) is 10.3. The quantitative estimate of drug-likeness (QED) is 0.569. The summed E-state index contributed by atoms with van der Waals surface area (Å²) in [4.78, 5) is 40.6. The smallest absolute Gasteiger partial charge is 0.407 e. The number of amides is 3. The highest BCUT2D eigenvalue weighted by Gasteiger charge is 2.21. The van der Waals surface area contributed by atoms with Crippen LogP contribution in [0.4, 0.5) is 4.79 Å². The molecule has 8 heteroatoms. The summed E-state index contributed by atoms with van der Waals surface area (Å²) in [6.07, 6.45) is -0.276. The Kier molecular flexibility index (Phi) is 8.54. The van der Waals surface area contributed by atoms with Gasteiger partial charge in [0, 0.05) is 12.1 Å². The SMILES string of the molecule is CC(C)CC(NC(=O)c1cccc(-c2ccccc2CNC(=O)OC(C)C)n1)C(N)=O. The van der Waals surface area contributed by atoms with Gasteiger partial charge < -0.3 is 21.1 Å². The Balaban J connectivity index is 2.20. The molecule has 1 heterocycles. The van der Waals surface area contributed by atoms with Crippen molar-refractivity contribution in [1.29, 1.82) is 0 Å². The monoisotopic (exact) mass is 426 g/mol. The standard InChI is InChI=1S/C23H30N4O4/c1-14(2)12-20(21(24)28)27-22(29)19-11-7-10-18(26-19)17-9-6-5-8-16(17)13-25-23(30)31-15(3)4/h5-11,14-15,20H,12-13H2,1-4H3,(H2,24,28)(H,25,30)(H,27,29). The number of aromatic nitrogens is 1. The van der Waals surface area contributed by atoms with Crippen LogP contribution in [-0.4, -0.2) is 35.0 Å². The van der Waals surface area contributed by atoms with E-state index in [0.29, 0.717) is 12.1 Å². The Labute approximate surface area is 182 Å². The third kappa shape index (κ3) is 7.40. The third-order valence-electron chi connectivity index (χ3n) is 4.40. The molecule has 0 aliphatic rings. The van der Waals surface area contributed by atoms with Crippen molar-refractivity contribution in [3.8, 4) is 11.3 Å². The molecule has 3 amide bonds. The number of nitrogens with two attached hydrogens (primary N) is 1. The van der Waals surface area contributed by atoms with Crippen LogP contribution in [0, 0.1) is 5.92 Å². The van der Waals surface area contributed by atoms with E-state index >= 15 is 0 Å². The summed E-state index contributed by atoms with van der Waals surface area (Å²) in [5.41, 5.74) is 7.76. The lowest BCUT2D eigenvalue weighted by atomic mass is 10.0. The molecule has 2 aromatic rings. The maximum atomic E-state index is 12.7. The number of nitrogens with one attached hydrogen (secondary N) is 2. The maximum Gasteiger partial charge on any atom is 0.407 e. The van der Waals surface area contributed by atoms with Crippen molar-refractivity contribution in [2.24, 2.45) is 11.7 Å². The first-order chi connectivity index (χ1) is 14.7. The van der Waals surface area contributed by atoms with Crippen LogP contribution in [0.1, 0.15) is 50.2 Å². The largest absolute Gasteiger partial charge is 0.447 e. The number of carbonyl (C=O) groups excluding carboxylic acids is 3. The van der Waals surface area contributed by atoms with E-state index in [2.05, 4.69) is 15.6 Å². The second kappa shape index (κ2) is 11.1. The van der Waals surface area contributed by atoms with Crippen LogP contribution < -0.4 is 16.4 Å². The van der Waals surface area contributed by atoms with Gasteiger partial charge in [-0.1, -0.05) is 44.2 Å². The van der Waals surface area contributed by atoms with Gasteiger partial charge in [0.05, 0.1) is 11.8 Å². The van der Waals surface area contributed by atoms with Gasteiger partial charge in [-0.05, 0) is 43.9 Å². The molecule has 0 saturated carbocycles. The molecule has 166 valence electrons. The van der Waals surface area contributed by atoms with Gasteiger partial charge in [-0.3, -0.25) is 9.59 Å². The molecule has 1 aromatic carbocycles. The molecule has 0 bridgehead atoms. The zero-order valence-electron chi connectivity index (χ0n) is 18.3. The Morgan fingerprint density at radius 3 is 2.39 bits per heavy atom. The number of primary amides is 1. The van der Waals surface area contributed by atoms with Crippen LogP contribution in [0.15, 0.2) is 42.5 Å². The second-order valence-corrected chi connectivity index (χ2v) is 7.93. The van der Waals surface area contributed by atoms with E-state index in [1.807, 2.05) is 38.1 Å². The van der Waals surface area contributed by atoms with Crippen LogP contribution in [0.25, 0.3) is 11.3 Å². The number of hydrogen-bond donors (Lipinski definition) is 3. The summed E-state index contributed by atoms with van der Waals surface area (Å²) in [5, 5.41) is 5.38. The molecular formula is C23H30N4O4. The van der Waals surface area contributed by atoms with Gasteiger partial charge in [0.15, 0.2) is 0 Å². The van der Waals surface area contributed by atoms with E-state index in [1.165, 1.54) is 0 Å². The molecule has 1 atom stereocenters. The number of benzene rings is 1. The minimum absolute atomic E-state index is 0.175. The zero-order valence-corrected chi connectivity index (χ0v) is 18.3. The maximum absolute atomic E-state index is 12.7. The van der Waals surface area contributed by atoms with Gasteiger partial charge in [-0.2, -0.15) is 0 Å². The normalized spacial score (nSPS) is 11.8. The van der Waals surface area contributed by atoms with Crippen molar-refractivity contribution in [3.05, 3.63) is 53.7 Å². The van der Waals surface area contributed by atoms with E-state index in [4.69, 9.17) is 10.5 Å². The topological polar surface area (TPSA) is 123 Å². The predicted octanol–water partition coefficient (Wildman–Crippen LogP) is 3.01. The molecule has 0 radical (unpaired) electrons. The molecule has 8 nitrogen and oxygen atoms in total. The van der Waals surface area contributed by atoms with E-state index in [1.54, 1.807) is 32.0 Å². The first kappa shape index (κ1) is 23.9. The highest BCUT2D eigenvalue weighted by Crippen LogP contribution is 2.22. The molecule has 31 heavy (non-hydrogen) atoms. The molecule has 0 spiro atoms. The van der Waals surface area contributed by atoms with Crippen molar-refractivity contribution >= 4 is 17.9 Å². The lowest BCUT2D eigenvalue weighted by molar-refractivity contribution is -0.120. The van der Waals surface area contributed by atoms with Gasteiger partial charge >= 0.3 is 6.09 Å². The molecule has 0 aliphatic carbocycles. The summed E-state index contributed by atoms with van der Waals surface area (Å²) in [5.74, 6) is -0.857. The Morgan fingerprint density at radius 2 is 1.74 bits per heavy atom. The van der Waals surface area contributed by atoms with Crippen LogP contribution in [0.3, 0.4) is 0 Å². The molecule has 4 N–H and O–H groups in total. The van der Waals surface area contributed by atoms with Crippen molar-refractivity contribution < 1.29 is 19.1 Å². The fraction of sp³-hybridized carbons (Fsp3) is 0.391. The summed E-state index contributed by atoms with van der Waals surface area (Å²) >= 11 is 0. The Bertz CT molecular complexity index is 927. The molecule has 0 fully saturated rings. The molecule has 0 aliphatic heterocycles. The Hall–Kier alpha value is -3.42. The number of pyridine rings is 1. The number of hydrogen-bond acceptors (Lipinski definition) is 5. The lowest BCUT2D eigenvalue weighted by Gasteiger charge is -2.17. The fourth-order valence-electron chi connectivity index (χ4n) is 3.01. The molecule has 2 rings (SSSR count). The van der Waals surface area contributed by atoms with E-state index in [9.17, 15) is 14.4 Å². The van der Waals surface area contributed by atoms with Crippen LogP contribution in [-0.2, 0) is 16.1 Å². The lowest BCUT2D eigenvalue weighted by Crippen LogP contribution is -2.45. The highest BCUT2D eigenvalue weighted by atomic mass is 16.6. The fourth-order valence-corrected chi connectivity index (χ4v) is 3.01. The number of rotatable bonds is 9. The second-order valence-electron chi connectivity index (χ2n) is 7.93. The van der Waals surface area contributed by atoms with Crippen LogP contribution in [0.5, 0.6) is 0 Å². The van der Waals surface area contributed by atoms with Crippen molar-refractivity contribution in [2.45, 2.75) is 52.8 Å². The zero-order chi connectivity index (χ0) is 23.0. The van der Waals surface area contributed by atoms with Gasteiger partial charge in [0.1, 0.15) is 11.7 Å². The Morgan fingerprint density at radius 1 is 1.03 bits per heavy atom. The van der Waals surface area contributed by atoms with Crippen LogP contribution >= 0.6 is 0 Å². The van der Waals surface area contributed by atoms with E-state index in [0.717, 1.165) is 11.1 Å². The summed E-state index contributed by atoms with van der Waals surface area (Å²) in [6, 6.07) is 11.7. The van der Waals surface area contributed by atoms with Gasteiger partial charge in [0.2, 0.25) is 5.91 Å². The van der Waals surface area contributed by atoms with E-state index in [-0.39, 0.29) is 24.3 Å². The minimum atomic E-state index is -0.763. The van der Waals surface area contributed by atoms with Crippen molar-refractivity contribution in [2.75, 3.05) is 0 Å². The van der Waals surface area contributed by atoms with E-state index < -0.39 is 23.9 Å². The average Bonchev–Trinajstić information content (AvgIpc) is 2.71. The van der Waals surface area contributed by atoms with Gasteiger partial charge in [-0.15, -0.1) is 0 Å². The third-order valence-corrected chi connectivity index (χ3v) is 4.40. The van der Waals surface area contributed by atoms with Gasteiger partial charge in [-0.25, -0.2) is 9.78 Å². The predicted molar refractivity (Wildman–Crippen MR) is 118 cm³/mol.